The Bertz CT molecular complexity index is 658. The molecular weight excluding hydrogens is 320 g/mol. The van der Waals surface area contributed by atoms with Gasteiger partial charge in [0.1, 0.15) is 0 Å². The van der Waals surface area contributed by atoms with Gasteiger partial charge in [0.15, 0.2) is 4.90 Å². The Morgan fingerprint density at radius 2 is 2.10 bits per heavy atom. The normalized spacial score (nSPS) is 22.1. The second-order valence-corrected chi connectivity index (χ2v) is 7.60. The Labute approximate surface area is 127 Å². The maximum atomic E-state index is 12.4. The topological polar surface area (TPSA) is 101 Å². The Hall–Kier alpha value is -1.22. The van der Waals surface area contributed by atoms with Crippen LogP contribution in [-0.4, -0.2) is 42.4 Å². The summed E-state index contributed by atoms with van der Waals surface area (Å²) in [5.41, 5.74) is -0.539. The first kappa shape index (κ1) is 16.2. The zero-order chi connectivity index (χ0) is 15.8. The summed E-state index contributed by atoms with van der Waals surface area (Å²) in [6, 6.07) is 3.47. The number of hydrogen-bond donors (Lipinski definition) is 1. The maximum Gasteiger partial charge on any atom is 0.290 e. The van der Waals surface area contributed by atoms with Gasteiger partial charge in [-0.3, -0.25) is 10.1 Å². The van der Waals surface area contributed by atoms with Crippen molar-refractivity contribution in [1.29, 1.82) is 0 Å². The summed E-state index contributed by atoms with van der Waals surface area (Å²) < 4.78 is 26.0. The lowest BCUT2D eigenvalue weighted by atomic mass is 9.82. The van der Waals surface area contributed by atoms with Crippen molar-refractivity contribution in [3.63, 3.8) is 0 Å². The van der Waals surface area contributed by atoms with Crippen molar-refractivity contribution in [2.45, 2.75) is 23.8 Å². The van der Waals surface area contributed by atoms with E-state index < -0.39 is 20.6 Å². The van der Waals surface area contributed by atoms with Crippen molar-refractivity contribution in [2.75, 3.05) is 13.6 Å². The molecule has 116 valence electrons. The van der Waals surface area contributed by atoms with Crippen LogP contribution < -0.4 is 0 Å². The van der Waals surface area contributed by atoms with Gasteiger partial charge in [-0.1, -0.05) is 11.6 Å². The van der Waals surface area contributed by atoms with Gasteiger partial charge in [0.2, 0.25) is 10.0 Å². The Balaban J connectivity index is 2.28. The Kier molecular flexibility index (Phi) is 4.52. The Morgan fingerprint density at radius 3 is 2.62 bits per heavy atom. The van der Waals surface area contributed by atoms with Gasteiger partial charge in [-0.2, -0.15) is 0 Å². The molecule has 1 saturated carbocycles. The molecule has 0 atom stereocenters. The van der Waals surface area contributed by atoms with Gasteiger partial charge in [-0.05, 0) is 30.9 Å². The average molecular weight is 335 g/mol. The van der Waals surface area contributed by atoms with E-state index >= 15 is 0 Å². The number of nitrogens with zero attached hydrogens (tertiary/aromatic N) is 2. The van der Waals surface area contributed by atoms with E-state index in [4.69, 9.17) is 11.6 Å². The number of nitro benzene ring substituents is 1. The fraction of sp³-hybridized carbons (Fsp3) is 0.500. The zero-order valence-corrected chi connectivity index (χ0v) is 12.8. The van der Waals surface area contributed by atoms with Crippen LogP contribution in [0, 0.1) is 16.0 Å². The molecular formula is C12H15ClN2O5S. The first-order chi connectivity index (χ1) is 9.71. The van der Waals surface area contributed by atoms with Gasteiger partial charge < -0.3 is 5.11 Å². The van der Waals surface area contributed by atoms with E-state index in [1.165, 1.54) is 13.1 Å². The minimum atomic E-state index is -3.97. The monoisotopic (exact) mass is 334 g/mol. The minimum absolute atomic E-state index is 0.0751. The molecule has 1 aliphatic carbocycles. The van der Waals surface area contributed by atoms with Crippen LogP contribution in [0.25, 0.3) is 0 Å². The molecule has 0 heterocycles. The summed E-state index contributed by atoms with van der Waals surface area (Å²) in [4.78, 5) is 9.87. The molecule has 1 aliphatic rings. The smallest absolute Gasteiger partial charge is 0.290 e. The van der Waals surface area contributed by atoms with Crippen molar-refractivity contribution < 1.29 is 18.4 Å². The van der Waals surface area contributed by atoms with E-state index in [1.54, 1.807) is 0 Å². The highest BCUT2D eigenvalue weighted by Gasteiger charge is 2.34. The highest BCUT2D eigenvalue weighted by Crippen LogP contribution is 2.32. The van der Waals surface area contributed by atoms with E-state index in [1.807, 2.05) is 0 Å². The van der Waals surface area contributed by atoms with Gasteiger partial charge in [0.05, 0.1) is 11.0 Å². The number of nitro groups is 1. The van der Waals surface area contributed by atoms with E-state index in [-0.39, 0.29) is 28.5 Å². The van der Waals surface area contributed by atoms with Crippen molar-refractivity contribution >= 4 is 27.3 Å². The number of halogens is 1. The largest absolute Gasteiger partial charge is 0.393 e. The van der Waals surface area contributed by atoms with E-state index in [0.29, 0.717) is 12.8 Å². The van der Waals surface area contributed by atoms with Crippen molar-refractivity contribution in [1.82, 2.24) is 4.31 Å². The van der Waals surface area contributed by atoms with Crippen LogP contribution in [0.2, 0.25) is 5.02 Å². The van der Waals surface area contributed by atoms with Gasteiger partial charge in [0.25, 0.3) is 5.69 Å². The highest BCUT2D eigenvalue weighted by atomic mass is 35.5. The van der Waals surface area contributed by atoms with Crippen molar-refractivity contribution in [3.05, 3.63) is 33.3 Å². The standard InChI is InChI=1S/C12H15ClN2O5S/c1-14(7-8-4-10(16)5-8)21(19,20)12-3-2-9(13)6-11(12)15(17)18/h2-3,6,8,10,16H,4-5,7H2,1H3. The van der Waals surface area contributed by atoms with Crippen molar-refractivity contribution in [3.8, 4) is 0 Å². The molecule has 7 nitrogen and oxygen atoms in total. The molecule has 0 unspecified atom stereocenters. The summed E-state index contributed by atoms with van der Waals surface area (Å²) in [6.07, 6.45) is 0.710. The van der Waals surface area contributed by atoms with Gasteiger partial charge in [-0.25, -0.2) is 12.7 Å². The van der Waals surface area contributed by atoms with Gasteiger partial charge >= 0.3 is 0 Å². The third-order valence-electron chi connectivity index (χ3n) is 3.53. The van der Waals surface area contributed by atoms with Crippen LogP contribution in [0.15, 0.2) is 23.1 Å². The van der Waals surface area contributed by atoms with Crippen molar-refractivity contribution in [2.24, 2.45) is 5.92 Å². The molecule has 0 amide bonds. The van der Waals surface area contributed by atoms with Gasteiger partial charge in [0, 0.05) is 24.7 Å². The lowest BCUT2D eigenvalue weighted by Gasteiger charge is -2.33. The third-order valence-corrected chi connectivity index (χ3v) is 5.64. The minimum Gasteiger partial charge on any atom is -0.393 e. The molecule has 0 radical (unpaired) electrons. The number of sulfonamides is 1. The Morgan fingerprint density at radius 1 is 1.48 bits per heavy atom. The molecule has 1 fully saturated rings. The summed E-state index contributed by atoms with van der Waals surface area (Å²) in [6.45, 7) is 0.221. The highest BCUT2D eigenvalue weighted by molar-refractivity contribution is 7.89. The predicted octanol–water partition coefficient (Wildman–Crippen LogP) is 1.64. The summed E-state index contributed by atoms with van der Waals surface area (Å²) in [7, 11) is -2.60. The second-order valence-electron chi connectivity index (χ2n) is 5.15. The molecule has 0 saturated heterocycles. The zero-order valence-electron chi connectivity index (χ0n) is 11.3. The van der Waals surface area contributed by atoms with Crippen LogP contribution in [0.5, 0.6) is 0 Å². The number of rotatable bonds is 5. The van der Waals surface area contributed by atoms with E-state index in [9.17, 15) is 23.6 Å². The lowest BCUT2D eigenvalue weighted by molar-refractivity contribution is -0.387. The van der Waals surface area contributed by atoms with Crippen LogP contribution >= 0.6 is 11.6 Å². The summed E-state index contributed by atoms with van der Waals surface area (Å²) in [5, 5.41) is 20.3. The molecule has 2 rings (SSSR count). The molecule has 1 aromatic rings. The molecule has 0 aliphatic heterocycles. The molecule has 0 aromatic heterocycles. The molecule has 1 N–H and O–H groups in total. The van der Waals surface area contributed by atoms with Gasteiger partial charge in [-0.15, -0.1) is 0 Å². The van der Waals surface area contributed by atoms with Crippen LogP contribution in [0.4, 0.5) is 5.69 Å². The maximum absolute atomic E-state index is 12.4. The summed E-state index contributed by atoms with van der Waals surface area (Å²) >= 11 is 5.68. The quantitative estimate of drug-likeness (QED) is 0.651. The fourth-order valence-corrected chi connectivity index (χ4v) is 3.88. The summed E-state index contributed by atoms with van der Waals surface area (Å²) in [5.74, 6) is 0.0751. The number of aliphatic hydroxyl groups is 1. The molecule has 0 bridgehead atoms. The molecule has 0 spiro atoms. The SMILES string of the molecule is CN(CC1CC(O)C1)S(=O)(=O)c1ccc(Cl)cc1[N+](=O)[O-]. The number of benzene rings is 1. The molecule has 21 heavy (non-hydrogen) atoms. The second kappa shape index (κ2) is 5.88. The molecule has 9 heteroatoms. The number of hydrogen-bond acceptors (Lipinski definition) is 5. The number of aliphatic hydroxyl groups excluding tert-OH is 1. The van der Waals surface area contributed by atoms with E-state index in [2.05, 4.69) is 0 Å². The molecule has 1 aromatic carbocycles. The first-order valence-electron chi connectivity index (χ1n) is 6.30. The van der Waals surface area contributed by atoms with Crippen LogP contribution in [0.3, 0.4) is 0 Å². The fourth-order valence-electron chi connectivity index (χ4n) is 2.33. The third kappa shape index (κ3) is 3.34. The lowest BCUT2D eigenvalue weighted by Crippen LogP contribution is -2.39. The van der Waals surface area contributed by atoms with Crippen LogP contribution in [0.1, 0.15) is 12.8 Å². The van der Waals surface area contributed by atoms with Crippen LogP contribution in [-0.2, 0) is 10.0 Å². The van der Waals surface area contributed by atoms with E-state index in [0.717, 1.165) is 16.4 Å². The first-order valence-corrected chi connectivity index (χ1v) is 8.12. The average Bonchev–Trinajstić information content (AvgIpc) is 2.36. The predicted molar refractivity (Wildman–Crippen MR) is 76.7 cm³/mol.